The first-order valence-electron chi connectivity index (χ1n) is 5.23. The Bertz CT molecular complexity index is 733. The molecule has 0 aliphatic heterocycles. The maximum Gasteiger partial charge on any atom is 0.295 e. The quantitative estimate of drug-likeness (QED) is 0.678. The van der Waals surface area contributed by atoms with E-state index < -0.39 is 32.2 Å². The van der Waals surface area contributed by atoms with Crippen LogP contribution in [0.1, 0.15) is 10.4 Å². The van der Waals surface area contributed by atoms with E-state index in [-0.39, 0.29) is 10.7 Å². The lowest BCUT2D eigenvalue weighted by molar-refractivity contribution is -0.394. The predicted molar refractivity (Wildman–Crippen MR) is 74.8 cm³/mol. The molecule has 0 atom stereocenters. The lowest BCUT2D eigenvalue weighted by Gasteiger charge is -2.05. The first-order valence-corrected chi connectivity index (χ1v) is 6.49. The molecule has 0 aliphatic carbocycles. The van der Waals surface area contributed by atoms with Crippen LogP contribution in [0.4, 0.5) is 16.5 Å². The van der Waals surface area contributed by atoms with Gasteiger partial charge in [0.15, 0.2) is 5.13 Å². The number of nitrogens with zero attached hydrogens (tertiary/aromatic N) is 3. The number of nitro benzene ring substituents is 2. The molecule has 0 radical (unpaired) electrons. The summed E-state index contributed by atoms with van der Waals surface area (Å²) in [7, 11) is 0. The van der Waals surface area contributed by atoms with Gasteiger partial charge in [0.1, 0.15) is 5.02 Å². The number of carbonyl (C=O) groups is 1. The van der Waals surface area contributed by atoms with Crippen molar-refractivity contribution in [1.82, 2.24) is 4.98 Å². The normalized spacial score (nSPS) is 10.1. The van der Waals surface area contributed by atoms with Crippen LogP contribution in [0.2, 0.25) is 5.02 Å². The highest BCUT2D eigenvalue weighted by Crippen LogP contribution is 2.33. The zero-order chi connectivity index (χ0) is 15.6. The third-order valence-corrected chi connectivity index (χ3v) is 3.43. The van der Waals surface area contributed by atoms with Crippen molar-refractivity contribution in [3.8, 4) is 0 Å². The third kappa shape index (κ3) is 3.12. The van der Waals surface area contributed by atoms with E-state index in [1.54, 1.807) is 5.38 Å². The minimum absolute atomic E-state index is 0.241. The second kappa shape index (κ2) is 5.81. The molecular weight excluding hydrogens is 324 g/mol. The first-order chi connectivity index (χ1) is 9.90. The van der Waals surface area contributed by atoms with Crippen molar-refractivity contribution in [2.24, 2.45) is 0 Å². The largest absolute Gasteiger partial charge is 0.298 e. The van der Waals surface area contributed by atoms with Gasteiger partial charge in [-0.2, -0.15) is 0 Å². The van der Waals surface area contributed by atoms with Crippen LogP contribution < -0.4 is 5.32 Å². The molecule has 1 amide bonds. The van der Waals surface area contributed by atoms with Crippen LogP contribution in [0, 0.1) is 20.2 Å². The second-order valence-electron chi connectivity index (χ2n) is 3.63. The van der Waals surface area contributed by atoms with E-state index in [0.29, 0.717) is 6.07 Å². The zero-order valence-corrected chi connectivity index (χ0v) is 11.6. The molecule has 1 N–H and O–H groups in total. The predicted octanol–water partition coefficient (Wildman–Crippen LogP) is 2.87. The molecule has 0 unspecified atom stereocenters. The molecule has 0 aliphatic rings. The number of non-ortho nitro benzene ring substituents is 1. The fourth-order valence-electron chi connectivity index (χ4n) is 1.45. The molecule has 9 nitrogen and oxygen atoms in total. The zero-order valence-electron chi connectivity index (χ0n) is 9.98. The molecule has 0 saturated heterocycles. The first kappa shape index (κ1) is 14.8. The van der Waals surface area contributed by atoms with Crippen molar-refractivity contribution in [3.05, 3.63) is 54.5 Å². The Hall–Kier alpha value is -2.59. The number of thiazole rings is 1. The molecule has 2 aromatic rings. The van der Waals surface area contributed by atoms with Gasteiger partial charge in [-0.1, -0.05) is 11.6 Å². The van der Waals surface area contributed by atoms with Crippen molar-refractivity contribution in [1.29, 1.82) is 0 Å². The molecule has 1 aromatic heterocycles. The number of amides is 1. The van der Waals surface area contributed by atoms with Gasteiger partial charge in [-0.05, 0) is 0 Å². The van der Waals surface area contributed by atoms with Gasteiger partial charge in [0.2, 0.25) is 0 Å². The van der Waals surface area contributed by atoms with Crippen molar-refractivity contribution in [2.45, 2.75) is 0 Å². The topological polar surface area (TPSA) is 128 Å². The number of benzene rings is 1. The van der Waals surface area contributed by atoms with Crippen LogP contribution in [-0.4, -0.2) is 20.7 Å². The number of anilines is 1. The Kier molecular flexibility index (Phi) is 4.10. The molecule has 0 saturated carbocycles. The number of halogens is 1. The maximum atomic E-state index is 12.0. The van der Waals surface area contributed by atoms with Gasteiger partial charge >= 0.3 is 0 Å². The smallest absolute Gasteiger partial charge is 0.295 e. The molecular formula is C10H5ClN4O5S. The van der Waals surface area contributed by atoms with Crippen LogP contribution in [0.15, 0.2) is 23.7 Å². The highest BCUT2D eigenvalue weighted by molar-refractivity contribution is 7.13. The van der Waals surface area contributed by atoms with Gasteiger partial charge in [-0.3, -0.25) is 30.3 Å². The van der Waals surface area contributed by atoms with Crippen LogP contribution in [-0.2, 0) is 0 Å². The maximum absolute atomic E-state index is 12.0. The van der Waals surface area contributed by atoms with Crippen LogP contribution >= 0.6 is 22.9 Å². The molecule has 0 bridgehead atoms. The Morgan fingerprint density at radius 3 is 2.52 bits per heavy atom. The third-order valence-electron chi connectivity index (χ3n) is 2.34. The monoisotopic (exact) mass is 328 g/mol. The Morgan fingerprint density at radius 2 is 2.00 bits per heavy atom. The highest BCUT2D eigenvalue weighted by atomic mass is 35.5. The standard InChI is InChI=1S/C10H5ClN4O5S/c11-8-6(9(16)13-10-12-1-2-21-10)3-5(14(17)18)4-7(8)15(19)20/h1-4H,(H,12,13,16). The van der Waals surface area contributed by atoms with E-state index in [0.717, 1.165) is 17.4 Å². The molecule has 0 fully saturated rings. The van der Waals surface area contributed by atoms with Gasteiger partial charge in [0, 0.05) is 17.6 Å². The summed E-state index contributed by atoms with van der Waals surface area (Å²) in [6.07, 6.45) is 1.44. The molecule has 108 valence electrons. The molecule has 1 aromatic carbocycles. The van der Waals surface area contributed by atoms with Gasteiger partial charge in [0.25, 0.3) is 17.3 Å². The van der Waals surface area contributed by atoms with Crippen molar-refractivity contribution >= 4 is 45.4 Å². The summed E-state index contributed by atoms with van der Waals surface area (Å²) < 4.78 is 0. The fourth-order valence-corrected chi connectivity index (χ4v) is 2.24. The Labute approximate surface area is 125 Å². The van der Waals surface area contributed by atoms with Gasteiger partial charge < -0.3 is 0 Å². The summed E-state index contributed by atoms with van der Waals surface area (Å²) >= 11 is 6.89. The number of nitro groups is 2. The van der Waals surface area contributed by atoms with Gasteiger partial charge in [-0.15, -0.1) is 11.3 Å². The summed E-state index contributed by atoms with van der Waals surface area (Å²) in [6, 6.07) is 1.57. The van der Waals surface area contributed by atoms with E-state index in [2.05, 4.69) is 10.3 Å². The van der Waals surface area contributed by atoms with Crippen molar-refractivity contribution < 1.29 is 14.6 Å². The van der Waals surface area contributed by atoms with Gasteiger partial charge in [-0.25, -0.2) is 4.98 Å². The van der Waals surface area contributed by atoms with E-state index in [9.17, 15) is 25.0 Å². The minimum atomic E-state index is -0.893. The summed E-state index contributed by atoms with van der Waals surface area (Å²) in [5.74, 6) is -0.818. The SMILES string of the molecule is O=C(Nc1nccs1)c1cc([N+](=O)[O-])cc([N+](=O)[O-])c1Cl. The van der Waals surface area contributed by atoms with E-state index >= 15 is 0 Å². The fraction of sp³-hybridized carbons (Fsp3) is 0. The summed E-state index contributed by atoms with van der Waals surface area (Å²) in [6.45, 7) is 0. The van der Waals surface area contributed by atoms with Gasteiger partial charge in [0.05, 0.1) is 21.5 Å². The number of rotatable bonds is 4. The van der Waals surface area contributed by atoms with E-state index in [1.807, 2.05) is 0 Å². The molecule has 0 spiro atoms. The van der Waals surface area contributed by atoms with Crippen molar-refractivity contribution in [3.63, 3.8) is 0 Å². The summed E-state index contributed by atoms with van der Waals surface area (Å²) in [5, 5.41) is 25.3. The second-order valence-corrected chi connectivity index (χ2v) is 4.90. The molecule has 11 heteroatoms. The number of carbonyl (C=O) groups excluding carboxylic acids is 1. The van der Waals surface area contributed by atoms with E-state index in [4.69, 9.17) is 11.6 Å². The number of nitrogens with one attached hydrogen (secondary N) is 1. The lowest BCUT2D eigenvalue weighted by atomic mass is 10.1. The summed E-state index contributed by atoms with van der Waals surface area (Å²) in [4.78, 5) is 35.7. The number of hydrogen-bond acceptors (Lipinski definition) is 7. The molecule has 2 rings (SSSR count). The average Bonchev–Trinajstić information content (AvgIpc) is 2.90. The van der Waals surface area contributed by atoms with Crippen molar-refractivity contribution in [2.75, 3.05) is 5.32 Å². The Balaban J connectivity index is 2.48. The summed E-state index contributed by atoms with van der Waals surface area (Å²) in [5.41, 5.74) is -1.68. The average molecular weight is 329 g/mol. The lowest BCUT2D eigenvalue weighted by Crippen LogP contribution is -2.13. The minimum Gasteiger partial charge on any atom is -0.298 e. The molecule has 1 heterocycles. The van der Waals surface area contributed by atoms with Crippen LogP contribution in [0.25, 0.3) is 0 Å². The number of hydrogen-bond donors (Lipinski definition) is 1. The highest BCUT2D eigenvalue weighted by Gasteiger charge is 2.26. The Morgan fingerprint density at radius 1 is 1.29 bits per heavy atom. The van der Waals surface area contributed by atoms with Crippen LogP contribution in [0.3, 0.4) is 0 Å². The molecule has 21 heavy (non-hydrogen) atoms. The number of aromatic nitrogens is 1. The van der Waals surface area contributed by atoms with Crippen LogP contribution in [0.5, 0.6) is 0 Å². The van der Waals surface area contributed by atoms with E-state index in [1.165, 1.54) is 6.20 Å².